The summed E-state index contributed by atoms with van der Waals surface area (Å²) >= 11 is 12.6. The summed E-state index contributed by atoms with van der Waals surface area (Å²) in [4.78, 5) is 11.8. The maximum absolute atomic E-state index is 11.8. The zero-order valence-electron chi connectivity index (χ0n) is 10.2. The molecule has 2 aromatic rings. The first-order valence-corrected chi connectivity index (χ1v) is 7.71. The molecule has 0 aromatic heterocycles. The van der Waals surface area contributed by atoms with Gasteiger partial charge in [-0.15, -0.1) is 0 Å². The molecule has 2 nitrogen and oxygen atoms in total. The molecule has 20 heavy (non-hydrogen) atoms. The molecule has 0 heterocycles. The van der Waals surface area contributed by atoms with E-state index in [0.717, 1.165) is 20.2 Å². The molecule has 0 aliphatic rings. The van der Waals surface area contributed by atoms with E-state index < -0.39 is 0 Å². The topological polar surface area (TPSA) is 29.1 Å². The van der Waals surface area contributed by atoms with Gasteiger partial charge in [0.1, 0.15) is 0 Å². The molecule has 0 saturated carbocycles. The molecule has 1 amide bonds. The Kier molecular flexibility index (Phi) is 5.40. The fraction of sp³-hybridized carbons (Fsp3) is 0. The number of hydrogen-bond donors (Lipinski definition) is 1. The van der Waals surface area contributed by atoms with Crippen molar-refractivity contribution in [3.05, 3.63) is 68.1 Å². The Labute approximate surface area is 139 Å². The van der Waals surface area contributed by atoms with Gasteiger partial charge in [-0.1, -0.05) is 39.7 Å². The van der Waals surface area contributed by atoms with Crippen LogP contribution in [-0.2, 0) is 4.79 Å². The average Bonchev–Trinajstić information content (AvgIpc) is 2.41. The fourth-order valence-electron chi connectivity index (χ4n) is 1.51. The lowest BCUT2D eigenvalue weighted by Crippen LogP contribution is -2.08. The summed E-state index contributed by atoms with van der Waals surface area (Å²) in [7, 11) is 0. The quantitative estimate of drug-likeness (QED) is 0.658. The maximum Gasteiger partial charge on any atom is 0.248 e. The van der Waals surface area contributed by atoms with E-state index in [-0.39, 0.29) is 5.91 Å². The highest BCUT2D eigenvalue weighted by Crippen LogP contribution is 2.26. The van der Waals surface area contributed by atoms with E-state index in [1.807, 2.05) is 30.3 Å². The molecule has 0 aliphatic carbocycles. The molecule has 0 bridgehead atoms. The van der Waals surface area contributed by atoms with E-state index >= 15 is 0 Å². The van der Waals surface area contributed by atoms with Crippen molar-refractivity contribution in [2.45, 2.75) is 0 Å². The van der Waals surface area contributed by atoms with Crippen LogP contribution < -0.4 is 5.32 Å². The Morgan fingerprint density at radius 2 is 1.80 bits per heavy atom. The number of rotatable bonds is 3. The Bertz CT molecular complexity index is 653. The number of benzene rings is 2. The molecule has 0 aliphatic heterocycles. The largest absolute Gasteiger partial charge is 0.321 e. The lowest BCUT2D eigenvalue weighted by atomic mass is 10.2. The Balaban J connectivity index is 2.03. The minimum atomic E-state index is -0.192. The van der Waals surface area contributed by atoms with Crippen LogP contribution in [0.3, 0.4) is 0 Å². The second-order valence-corrected chi connectivity index (χ2v) is 6.20. The van der Waals surface area contributed by atoms with Crippen molar-refractivity contribution in [2.75, 3.05) is 5.32 Å². The number of amides is 1. The zero-order chi connectivity index (χ0) is 14.5. The molecule has 102 valence electrons. The predicted molar refractivity (Wildman–Crippen MR) is 91.0 cm³/mol. The van der Waals surface area contributed by atoms with Crippen molar-refractivity contribution in [3.63, 3.8) is 0 Å². The SMILES string of the molecule is O=C(C=Cc1ccc(Cl)cc1)Nc1ccc(Br)cc1Br. The number of anilines is 1. The van der Waals surface area contributed by atoms with E-state index in [9.17, 15) is 4.79 Å². The highest BCUT2D eigenvalue weighted by Gasteiger charge is 2.03. The molecule has 0 atom stereocenters. The third kappa shape index (κ3) is 4.47. The van der Waals surface area contributed by atoms with Crippen molar-refractivity contribution in [1.82, 2.24) is 0 Å². The van der Waals surface area contributed by atoms with Gasteiger partial charge >= 0.3 is 0 Å². The van der Waals surface area contributed by atoms with Crippen molar-refractivity contribution in [1.29, 1.82) is 0 Å². The standard InChI is InChI=1S/C15H10Br2ClNO/c16-11-4-7-14(13(17)9-11)19-15(20)8-3-10-1-5-12(18)6-2-10/h1-9H,(H,19,20). The van der Waals surface area contributed by atoms with Crippen molar-refractivity contribution >= 4 is 61.1 Å². The van der Waals surface area contributed by atoms with Gasteiger partial charge in [0, 0.05) is 20.0 Å². The fourth-order valence-corrected chi connectivity index (χ4v) is 2.78. The lowest BCUT2D eigenvalue weighted by Gasteiger charge is -2.05. The zero-order valence-corrected chi connectivity index (χ0v) is 14.2. The normalized spacial score (nSPS) is 10.8. The number of carbonyl (C=O) groups excluding carboxylic acids is 1. The number of halogens is 3. The molecule has 0 unspecified atom stereocenters. The molecule has 5 heteroatoms. The van der Waals surface area contributed by atoms with Crippen LogP contribution >= 0.6 is 43.5 Å². The van der Waals surface area contributed by atoms with Crippen LogP contribution in [0.1, 0.15) is 5.56 Å². The average molecular weight is 416 g/mol. The van der Waals surface area contributed by atoms with E-state index in [2.05, 4.69) is 37.2 Å². The lowest BCUT2D eigenvalue weighted by molar-refractivity contribution is -0.111. The van der Waals surface area contributed by atoms with Gasteiger partial charge in [-0.25, -0.2) is 0 Å². The third-order valence-corrected chi connectivity index (χ3v) is 3.89. The van der Waals surface area contributed by atoms with Crippen molar-refractivity contribution < 1.29 is 4.79 Å². The van der Waals surface area contributed by atoms with Crippen LogP contribution in [0.25, 0.3) is 6.08 Å². The van der Waals surface area contributed by atoms with E-state index in [4.69, 9.17) is 11.6 Å². The van der Waals surface area contributed by atoms with Gasteiger partial charge in [0.05, 0.1) is 5.69 Å². The third-order valence-electron chi connectivity index (χ3n) is 2.49. The second-order valence-electron chi connectivity index (χ2n) is 4.00. The van der Waals surface area contributed by atoms with Crippen molar-refractivity contribution in [3.8, 4) is 0 Å². The van der Waals surface area contributed by atoms with Gasteiger partial charge < -0.3 is 5.32 Å². The second kappa shape index (κ2) is 7.07. The summed E-state index contributed by atoms with van der Waals surface area (Å²) in [5.74, 6) is -0.192. The first-order chi connectivity index (χ1) is 9.54. The van der Waals surface area contributed by atoms with Gasteiger partial charge in [0.15, 0.2) is 0 Å². The van der Waals surface area contributed by atoms with E-state index in [1.165, 1.54) is 6.08 Å². The van der Waals surface area contributed by atoms with E-state index in [0.29, 0.717) is 5.02 Å². The highest BCUT2D eigenvalue weighted by molar-refractivity contribution is 9.11. The number of hydrogen-bond acceptors (Lipinski definition) is 1. The molecule has 0 radical (unpaired) electrons. The summed E-state index contributed by atoms with van der Waals surface area (Å²) in [6, 6.07) is 12.8. The van der Waals surface area contributed by atoms with Gasteiger partial charge in [0.2, 0.25) is 5.91 Å². The smallest absolute Gasteiger partial charge is 0.248 e. The molecule has 0 fully saturated rings. The summed E-state index contributed by atoms with van der Waals surface area (Å²) in [5.41, 5.74) is 1.64. The molecule has 0 saturated heterocycles. The van der Waals surface area contributed by atoms with Crippen molar-refractivity contribution in [2.24, 2.45) is 0 Å². The summed E-state index contributed by atoms with van der Waals surface area (Å²) in [6.45, 7) is 0. The molecule has 0 spiro atoms. The minimum absolute atomic E-state index is 0.192. The number of carbonyl (C=O) groups is 1. The van der Waals surface area contributed by atoms with E-state index in [1.54, 1.807) is 18.2 Å². The van der Waals surface area contributed by atoms with Crippen LogP contribution in [0, 0.1) is 0 Å². The Morgan fingerprint density at radius 3 is 2.45 bits per heavy atom. The first-order valence-electron chi connectivity index (χ1n) is 5.74. The molecular weight excluding hydrogens is 405 g/mol. The van der Waals surface area contributed by atoms with Crippen LogP contribution in [0.4, 0.5) is 5.69 Å². The maximum atomic E-state index is 11.8. The van der Waals surface area contributed by atoms with Crippen LogP contribution in [0.2, 0.25) is 5.02 Å². The van der Waals surface area contributed by atoms with Crippen LogP contribution in [0.15, 0.2) is 57.5 Å². The van der Waals surface area contributed by atoms with Gasteiger partial charge in [-0.2, -0.15) is 0 Å². The Morgan fingerprint density at radius 1 is 1.10 bits per heavy atom. The molecule has 2 aromatic carbocycles. The molecule has 1 N–H and O–H groups in total. The molecule has 2 rings (SSSR count). The van der Waals surface area contributed by atoms with Gasteiger partial charge in [-0.3, -0.25) is 4.79 Å². The van der Waals surface area contributed by atoms with Crippen LogP contribution in [0.5, 0.6) is 0 Å². The monoisotopic (exact) mass is 413 g/mol. The first kappa shape index (κ1) is 15.3. The number of nitrogens with one attached hydrogen (secondary N) is 1. The Hall–Kier alpha value is -1.10. The summed E-state index contributed by atoms with van der Waals surface area (Å²) in [6.07, 6.45) is 3.22. The van der Waals surface area contributed by atoms with Crippen LogP contribution in [-0.4, -0.2) is 5.91 Å². The predicted octanol–water partition coefficient (Wildman–Crippen LogP) is 5.52. The van der Waals surface area contributed by atoms with Gasteiger partial charge in [-0.05, 0) is 57.9 Å². The summed E-state index contributed by atoms with van der Waals surface area (Å²) < 4.78 is 1.76. The highest BCUT2D eigenvalue weighted by atomic mass is 79.9. The molecular formula is C15H10Br2ClNO. The summed E-state index contributed by atoms with van der Waals surface area (Å²) in [5, 5.41) is 3.47. The minimum Gasteiger partial charge on any atom is -0.321 e. The van der Waals surface area contributed by atoms with Gasteiger partial charge in [0.25, 0.3) is 0 Å².